The maximum absolute atomic E-state index is 11.7. The van der Waals surface area contributed by atoms with Crippen molar-refractivity contribution in [2.75, 3.05) is 6.54 Å². The Kier molecular flexibility index (Phi) is 3.33. The minimum absolute atomic E-state index is 0.00368. The second kappa shape index (κ2) is 4.75. The van der Waals surface area contributed by atoms with Crippen molar-refractivity contribution in [3.05, 3.63) is 29.8 Å². The van der Waals surface area contributed by atoms with Crippen LogP contribution in [0.3, 0.4) is 0 Å². The number of rotatable bonds is 4. The van der Waals surface area contributed by atoms with Crippen molar-refractivity contribution in [3.8, 4) is 5.75 Å². The summed E-state index contributed by atoms with van der Waals surface area (Å²) in [6.45, 7) is 1.95. The van der Waals surface area contributed by atoms with Crippen molar-refractivity contribution in [2.24, 2.45) is 5.92 Å². The van der Waals surface area contributed by atoms with E-state index in [4.69, 9.17) is 5.11 Å². The number of aliphatic hydroxyl groups excluding tert-OH is 1. The topological polar surface area (TPSA) is 69.6 Å². The molecule has 1 amide bonds. The van der Waals surface area contributed by atoms with Crippen molar-refractivity contribution < 1.29 is 15.0 Å². The van der Waals surface area contributed by atoms with Crippen molar-refractivity contribution >= 4 is 5.91 Å². The quantitative estimate of drug-likeness (QED) is 0.729. The first-order chi connectivity index (χ1) is 8.08. The molecule has 2 rings (SSSR count). The number of hydrogen-bond donors (Lipinski definition) is 3. The number of aromatic hydroxyl groups is 1. The SMILES string of the molecule is CC(O)CNC(=O)C1CC1c1ccc(O)cc1. The highest BCUT2D eigenvalue weighted by Crippen LogP contribution is 2.47. The van der Waals surface area contributed by atoms with E-state index in [9.17, 15) is 9.90 Å². The van der Waals surface area contributed by atoms with Crippen LogP contribution in [0.4, 0.5) is 0 Å². The maximum atomic E-state index is 11.7. The molecule has 0 aromatic heterocycles. The summed E-state index contributed by atoms with van der Waals surface area (Å²) in [4.78, 5) is 11.7. The van der Waals surface area contributed by atoms with Crippen LogP contribution in [-0.4, -0.2) is 28.8 Å². The minimum Gasteiger partial charge on any atom is -0.508 e. The first kappa shape index (κ1) is 11.9. The summed E-state index contributed by atoms with van der Waals surface area (Å²) in [7, 11) is 0. The van der Waals surface area contributed by atoms with Crippen LogP contribution in [0.15, 0.2) is 24.3 Å². The van der Waals surface area contributed by atoms with Gasteiger partial charge in [0.05, 0.1) is 6.10 Å². The molecule has 0 radical (unpaired) electrons. The molecule has 0 spiro atoms. The van der Waals surface area contributed by atoms with E-state index in [1.807, 2.05) is 12.1 Å². The molecule has 1 saturated carbocycles. The molecule has 1 aliphatic carbocycles. The van der Waals surface area contributed by atoms with E-state index >= 15 is 0 Å². The number of amides is 1. The van der Waals surface area contributed by atoms with Gasteiger partial charge in [0.2, 0.25) is 5.91 Å². The first-order valence-corrected chi connectivity index (χ1v) is 5.82. The van der Waals surface area contributed by atoms with Gasteiger partial charge in [-0.1, -0.05) is 12.1 Å². The summed E-state index contributed by atoms with van der Waals surface area (Å²) in [5.41, 5.74) is 1.08. The van der Waals surface area contributed by atoms with E-state index in [1.165, 1.54) is 0 Å². The maximum Gasteiger partial charge on any atom is 0.223 e. The third kappa shape index (κ3) is 2.97. The number of benzene rings is 1. The lowest BCUT2D eigenvalue weighted by molar-refractivity contribution is -0.122. The summed E-state index contributed by atoms with van der Waals surface area (Å²) in [5.74, 6) is 0.511. The predicted molar refractivity (Wildman–Crippen MR) is 63.6 cm³/mol. The van der Waals surface area contributed by atoms with E-state index in [2.05, 4.69) is 5.32 Å². The zero-order valence-corrected chi connectivity index (χ0v) is 9.76. The monoisotopic (exact) mass is 235 g/mol. The molecule has 1 aromatic carbocycles. The van der Waals surface area contributed by atoms with Gasteiger partial charge in [-0.15, -0.1) is 0 Å². The molecule has 1 fully saturated rings. The fourth-order valence-corrected chi connectivity index (χ4v) is 1.95. The van der Waals surface area contributed by atoms with Gasteiger partial charge >= 0.3 is 0 Å². The molecule has 3 atom stereocenters. The summed E-state index contributed by atoms with van der Waals surface area (Å²) < 4.78 is 0. The Balaban J connectivity index is 1.87. The Bertz CT molecular complexity index is 400. The van der Waals surface area contributed by atoms with E-state index in [0.717, 1.165) is 12.0 Å². The van der Waals surface area contributed by atoms with Crippen LogP contribution in [0.1, 0.15) is 24.8 Å². The van der Waals surface area contributed by atoms with Gasteiger partial charge in [-0.3, -0.25) is 4.79 Å². The number of phenols is 1. The van der Waals surface area contributed by atoms with Gasteiger partial charge in [-0.2, -0.15) is 0 Å². The summed E-state index contributed by atoms with van der Waals surface area (Å²) in [6.07, 6.45) is 0.334. The molecule has 1 aromatic rings. The Labute approximate surface area is 100 Å². The van der Waals surface area contributed by atoms with Crippen molar-refractivity contribution in [1.82, 2.24) is 5.32 Å². The largest absolute Gasteiger partial charge is 0.508 e. The summed E-state index contributed by atoms with van der Waals surface area (Å²) in [6, 6.07) is 6.97. The fourth-order valence-electron chi connectivity index (χ4n) is 1.95. The average molecular weight is 235 g/mol. The van der Waals surface area contributed by atoms with Crippen molar-refractivity contribution in [3.63, 3.8) is 0 Å². The number of carbonyl (C=O) groups excluding carboxylic acids is 1. The molecule has 4 nitrogen and oxygen atoms in total. The number of aliphatic hydroxyl groups is 1. The van der Waals surface area contributed by atoms with E-state index in [-0.39, 0.29) is 23.5 Å². The fraction of sp³-hybridized carbons (Fsp3) is 0.462. The molecular formula is C13H17NO3. The van der Waals surface area contributed by atoms with E-state index in [0.29, 0.717) is 6.54 Å². The number of phenolic OH excluding ortho intramolecular Hbond substituents is 1. The highest BCUT2D eigenvalue weighted by molar-refractivity contribution is 5.82. The molecule has 92 valence electrons. The zero-order chi connectivity index (χ0) is 12.4. The minimum atomic E-state index is -0.509. The third-order valence-electron chi connectivity index (χ3n) is 3.02. The van der Waals surface area contributed by atoms with Gasteiger partial charge in [-0.25, -0.2) is 0 Å². The van der Waals surface area contributed by atoms with Gasteiger partial charge in [-0.05, 0) is 37.0 Å². The van der Waals surface area contributed by atoms with Crippen molar-refractivity contribution in [1.29, 1.82) is 0 Å². The Morgan fingerprint density at radius 2 is 2.12 bits per heavy atom. The molecule has 4 heteroatoms. The lowest BCUT2D eigenvalue weighted by Gasteiger charge is -2.06. The van der Waals surface area contributed by atoms with Gasteiger partial charge in [0.15, 0.2) is 0 Å². The lowest BCUT2D eigenvalue weighted by atomic mass is 10.1. The van der Waals surface area contributed by atoms with Crippen LogP contribution < -0.4 is 5.32 Å². The van der Waals surface area contributed by atoms with E-state index in [1.54, 1.807) is 19.1 Å². The molecular weight excluding hydrogens is 218 g/mol. The van der Waals surface area contributed by atoms with Gasteiger partial charge in [0.25, 0.3) is 0 Å². The van der Waals surface area contributed by atoms with Gasteiger partial charge in [0, 0.05) is 12.5 Å². The first-order valence-electron chi connectivity index (χ1n) is 5.82. The third-order valence-corrected chi connectivity index (χ3v) is 3.02. The van der Waals surface area contributed by atoms with Crippen molar-refractivity contribution in [2.45, 2.75) is 25.4 Å². The Morgan fingerprint density at radius 3 is 2.71 bits per heavy atom. The van der Waals surface area contributed by atoms with Crippen LogP contribution in [0.2, 0.25) is 0 Å². The smallest absolute Gasteiger partial charge is 0.223 e. The van der Waals surface area contributed by atoms with Crippen LogP contribution >= 0.6 is 0 Å². The Morgan fingerprint density at radius 1 is 1.47 bits per heavy atom. The molecule has 1 aliphatic rings. The van der Waals surface area contributed by atoms with Crippen LogP contribution in [0, 0.1) is 5.92 Å². The van der Waals surface area contributed by atoms with Crippen LogP contribution in [0.25, 0.3) is 0 Å². The second-order valence-corrected chi connectivity index (χ2v) is 4.63. The van der Waals surface area contributed by atoms with Gasteiger partial charge < -0.3 is 15.5 Å². The molecule has 0 saturated heterocycles. The van der Waals surface area contributed by atoms with E-state index < -0.39 is 6.10 Å². The zero-order valence-electron chi connectivity index (χ0n) is 9.76. The van der Waals surface area contributed by atoms with Crippen LogP contribution in [0.5, 0.6) is 5.75 Å². The second-order valence-electron chi connectivity index (χ2n) is 4.63. The summed E-state index contributed by atoms with van der Waals surface area (Å²) >= 11 is 0. The number of hydrogen-bond acceptors (Lipinski definition) is 3. The molecule has 0 bridgehead atoms. The molecule has 0 aliphatic heterocycles. The molecule has 17 heavy (non-hydrogen) atoms. The number of nitrogens with one attached hydrogen (secondary N) is 1. The molecule has 3 N–H and O–H groups in total. The standard InChI is InChI=1S/C13H17NO3/c1-8(15)7-14-13(17)12-6-11(12)9-2-4-10(16)5-3-9/h2-5,8,11-12,15-16H,6-7H2,1H3,(H,14,17). The summed E-state index contributed by atoms with van der Waals surface area (Å²) in [5, 5.41) is 21.0. The lowest BCUT2D eigenvalue weighted by Crippen LogP contribution is -2.31. The highest BCUT2D eigenvalue weighted by Gasteiger charge is 2.43. The average Bonchev–Trinajstić information content (AvgIpc) is 3.07. The van der Waals surface area contributed by atoms with Crippen LogP contribution in [-0.2, 0) is 4.79 Å². The Hall–Kier alpha value is -1.55. The number of carbonyl (C=O) groups is 1. The highest BCUT2D eigenvalue weighted by atomic mass is 16.3. The van der Waals surface area contributed by atoms with Gasteiger partial charge in [0.1, 0.15) is 5.75 Å². The molecule has 3 unspecified atom stereocenters. The predicted octanol–water partition coefficient (Wildman–Crippen LogP) is 0.993. The molecule has 0 heterocycles. The normalized spacial score (nSPS) is 24.1.